The minimum Gasteiger partial charge on any atom is -0.347 e. The van der Waals surface area contributed by atoms with Crippen molar-refractivity contribution in [3.8, 4) is 0 Å². The molecule has 3 aromatic rings. The molecule has 0 saturated heterocycles. The second-order valence-electron chi connectivity index (χ2n) is 6.69. The molecule has 29 heavy (non-hydrogen) atoms. The number of anilines is 1. The number of nitrogens with one attached hydrogen (secondary N) is 2. The van der Waals surface area contributed by atoms with Crippen molar-refractivity contribution in [2.75, 3.05) is 5.32 Å². The predicted molar refractivity (Wildman–Crippen MR) is 111 cm³/mol. The van der Waals surface area contributed by atoms with Crippen LogP contribution in [0.4, 0.5) is 5.69 Å². The molecule has 6 nitrogen and oxygen atoms in total. The fourth-order valence-corrected chi connectivity index (χ4v) is 2.69. The predicted octanol–water partition coefficient (Wildman–Crippen LogP) is 3.77. The van der Waals surface area contributed by atoms with Crippen LogP contribution >= 0.6 is 0 Å². The third-order valence-electron chi connectivity index (χ3n) is 4.36. The maximum Gasteiger partial charge on any atom is 0.270 e. The monoisotopic (exact) mass is 387 g/mol. The summed E-state index contributed by atoms with van der Waals surface area (Å²) in [5.41, 5.74) is 3.59. The van der Waals surface area contributed by atoms with Crippen LogP contribution in [-0.2, 0) is 6.54 Å². The molecule has 6 heteroatoms. The molecule has 0 fully saturated rings. The van der Waals surface area contributed by atoms with Crippen molar-refractivity contribution in [3.63, 3.8) is 0 Å². The molecule has 0 radical (unpaired) electrons. The number of aromatic nitrogens is 1. The third kappa shape index (κ3) is 5.35. The fraction of sp³-hybridized carbons (Fsp3) is 0.130. The molecule has 3 rings (SSSR count). The molecule has 0 aliphatic rings. The van der Waals surface area contributed by atoms with Crippen molar-refractivity contribution >= 4 is 23.3 Å². The number of benzene rings is 2. The molecular weight excluding hydrogens is 366 g/mol. The van der Waals surface area contributed by atoms with Gasteiger partial charge in [-0.1, -0.05) is 42.0 Å². The normalized spacial score (nSPS) is 10.3. The fourth-order valence-electron chi connectivity index (χ4n) is 2.69. The van der Waals surface area contributed by atoms with E-state index in [9.17, 15) is 14.4 Å². The van der Waals surface area contributed by atoms with E-state index in [0.717, 1.165) is 11.1 Å². The molecule has 2 N–H and O–H groups in total. The van der Waals surface area contributed by atoms with E-state index in [0.29, 0.717) is 23.4 Å². The summed E-state index contributed by atoms with van der Waals surface area (Å²) in [6.07, 6.45) is 1.42. The van der Waals surface area contributed by atoms with E-state index in [1.165, 1.54) is 25.3 Å². The summed E-state index contributed by atoms with van der Waals surface area (Å²) in [5, 5.41) is 5.53. The Balaban J connectivity index is 1.67. The van der Waals surface area contributed by atoms with Crippen LogP contribution in [0.2, 0.25) is 0 Å². The molecule has 2 aromatic carbocycles. The van der Waals surface area contributed by atoms with Crippen LogP contribution < -0.4 is 10.6 Å². The van der Waals surface area contributed by atoms with E-state index >= 15 is 0 Å². The number of pyridine rings is 1. The Morgan fingerprint density at radius 1 is 0.897 bits per heavy atom. The minimum atomic E-state index is -0.388. The molecule has 0 bridgehead atoms. The van der Waals surface area contributed by atoms with E-state index in [4.69, 9.17) is 0 Å². The van der Waals surface area contributed by atoms with Gasteiger partial charge >= 0.3 is 0 Å². The van der Waals surface area contributed by atoms with Gasteiger partial charge in [0.15, 0.2) is 5.78 Å². The lowest BCUT2D eigenvalue weighted by molar-refractivity contribution is 0.0945. The topological polar surface area (TPSA) is 88.2 Å². The number of hydrogen-bond donors (Lipinski definition) is 2. The molecule has 2 amide bonds. The van der Waals surface area contributed by atoms with Crippen LogP contribution in [0, 0.1) is 6.92 Å². The number of nitrogens with zero attached hydrogens (tertiary/aromatic N) is 1. The highest BCUT2D eigenvalue weighted by Gasteiger charge is 2.12. The molecular formula is C23H21N3O3. The van der Waals surface area contributed by atoms with Gasteiger partial charge in [0.05, 0.1) is 0 Å². The molecule has 1 aromatic heterocycles. The van der Waals surface area contributed by atoms with Crippen LogP contribution in [-0.4, -0.2) is 22.6 Å². The van der Waals surface area contributed by atoms with Crippen LogP contribution in [0.15, 0.2) is 66.9 Å². The molecule has 0 aliphatic carbocycles. The average Bonchev–Trinajstić information content (AvgIpc) is 2.73. The van der Waals surface area contributed by atoms with E-state index in [2.05, 4.69) is 15.6 Å². The molecule has 0 saturated carbocycles. The second kappa shape index (κ2) is 8.93. The van der Waals surface area contributed by atoms with Gasteiger partial charge in [0.25, 0.3) is 11.8 Å². The number of aryl methyl sites for hydroxylation is 1. The van der Waals surface area contributed by atoms with Crippen molar-refractivity contribution in [2.45, 2.75) is 20.4 Å². The van der Waals surface area contributed by atoms with Gasteiger partial charge in [-0.25, -0.2) is 0 Å². The number of carbonyl (C=O) groups is 3. The van der Waals surface area contributed by atoms with Crippen molar-refractivity contribution in [1.82, 2.24) is 10.3 Å². The van der Waals surface area contributed by atoms with E-state index in [1.54, 1.807) is 24.3 Å². The van der Waals surface area contributed by atoms with Crippen molar-refractivity contribution in [2.24, 2.45) is 0 Å². The summed E-state index contributed by atoms with van der Waals surface area (Å²) in [6, 6.07) is 17.5. The highest BCUT2D eigenvalue weighted by atomic mass is 16.2. The molecule has 0 aliphatic heterocycles. The maximum atomic E-state index is 12.5. The summed E-state index contributed by atoms with van der Waals surface area (Å²) in [6.45, 7) is 3.83. The number of carbonyl (C=O) groups excluding carboxylic acids is 3. The first-order chi connectivity index (χ1) is 13.9. The zero-order valence-electron chi connectivity index (χ0n) is 16.2. The smallest absolute Gasteiger partial charge is 0.270 e. The summed E-state index contributed by atoms with van der Waals surface area (Å²) < 4.78 is 0. The number of rotatable bonds is 6. The molecule has 1 heterocycles. The van der Waals surface area contributed by atoms with Crippen molar-refractivity contribution in [1.29, 1.82) is 0 Å². The highest BCUT2D eigenvalue weighted by Crippen LogP contribution is 2.13. The number of Topliss-reactive ketones (excluding diaryl/α,β-unsaturated/α-hetero) is 1. The van der Waals surface area contributed by atoms with Gasteiger partial charge in [-0.15, -0.1) is 0 Å². The zero-order valence-corrected chi connectivity index (χ0v) is 16.2. The Morgan fingerprint density at radius 2 is 1.66 bits per heavy atom. The lowest BCUT2D eigenvalue weighted by Crippen LogP contribution is -2.24. The first-order valence-electron chi connectivity index (χ1n) is 9.14. The summed E-state index contributed by atoms with van der Waals surface area (Å²) in [7, 11) is 0. The number of amides is 2. The zero-order chi connectivity index (χ0) is 20.8. The van der Waals surface area contributed by atoms with E-state index in [1.807, 2.05) is 31.2 Å². The average molecular weight is 387 g/mol. The van der Waals surface area contributed by atoms with Crippen molar-refractivity contribution < 1.29 is 14.4 Å². The number of ketones is 1. The Kier molecular flexibility index (Phi) is 6.14. The second-order valence-corrected chi connectivity index (χ2v) is 6.69. The van der Waals surface area contributed by atoms with Gasteiger partial charge in [0.2, 0.25) is 0 Å². The van der Waals surface area contributed by atoms with Crippen LogP contribution in [0.5, 0.6) is 0 Å². The highest BCUT2D eigenvalue weighted by molar-refractivity contribution is 6.06. The maximum absolute atomic E-state index is 12.5. The molecule has 0 spiro atoms. The van der Waals surface area contributed by atoms with Gasteiger partial charge in [-0.2, -0.15) is 0 Å². The lowest BCUT2D eigenvalue weighted by atomic mass is 10.1. The Hall–Kier alpha value is -3.80. The molecule has 146 valence electrons. The van der Waals surface area contributed by atoms with Crippen molar-refractivity contribution in [3.05, 3.63) is 94.8 Å². The first-order valence-corrected chi connectivity index (χ1v) is 9.14. The number of hydrogen-bond acceptors (Lipinski definition) is 4. The first kappa shape index (κ1) is 19.9. The Bertz CT molecular complexity index is 1060. The SMILES string of the molecule is CC(=O)c1cccc(NC(=O)c2ccnc(C(=O)NCc3ccc(C)cc3)c2)c1. The lowest BCUT2D eigenvalue weighted by Gasteiger charge is -2.08. The largest absolute Gasteiger partial charge is 0.347 e. The van der Waals surface area contributed by atoms with Gasteiger partial charge in [0, 0.05) is 29.6 Å². The quantitative estimate of drug-likeness (QED) is 0.630. The van der Waals surface area contributed by atoms with Gasteiger partial charge in [-0.3, -0.25) is 19.4 Å². The van der Waals surface area contributed by atoms with Gasteiger partial charge in [0.1, 0.15) is 5.69 Å². The standard InChI is InChI=1S/C23H21N3O3/c1-15-6-8-17(9-7-15)14-25-23(29)21-13-19(10-11-24-21)22(28)26-20-5-3-4-18(12-20)16(2)27/h3-13H,14H2,1-2H3,(H,25,29)(H,26,28). The summed E-state index contributed by atoms with van der Waals surface area (Å²) >= 11 is 0. The van der Waals surface area contributed by atoms with Gasteiger partial charge in [-0.05, 0) is 43.7 Å². The molecule has 0 unspecified atom stereocenters. The summed E-state index contributed by atoms with van der Waals surface area (Å²) in [4.78, 5) is 40.5. The third-order valence-corrected chi connectivity index (χ3v) is 4.36. The molecule has 0 atom stereocenters. The van der Waals surface area contributed by atoms with Crippen LogP contribution in [0.3, 0.4) is 0 Å². The van der Waals surface area contributed by atoms with Crippen LogP contribution in [0.25, 0.3) is 0 Å². The van der Waals surface area contributed by atoms with Crippen LogP contribution in [0.1, 0.15) is 49.3 Å². The van der Waals surface area contributed by atoms with E-state index in [-0.39, 0.29) is 23.3 Å². The summed E-state index contributed by atoms with van der Waals surface area (Å²) in [5.74, 6) is -0.836. The Morgan fingerprint density at radius 3 is 2.38 bits per heavy atom. The van der Waals surface area contributed by atoms with Gasteiger partial charge < -0.3 is 10.6 Å². The Labute approximate surface area is 169 Å². The van der Waals surface area contributed by atoms with E-state index < -0.39 is 0 Å². The minimum absolute atomic E-state index is 0.0856.